The first-order valence-electron chi connectivity index (χ1n) is 5.27. The Hall–Kier alpha value is -1.10. The second-order valence-electron chi connectivity index (χ2n) is 3.57. The molecule has 0 aromatic carbocycles. The van der Waals surface area contributed by atoms with Crippen molar-refractivity contribution in [2.45, 2.75) is 32.5 Å². The first-order chi connectivity index (χ1) is 7.54. The van der Waals surface area contributed by atoms with Crippen molar-refractivity contribution in [3.05, 3.63) is 29.6 Å². The van der Waals surface area contributed by atoms with E-state index in [4.69, 9.17) is 0 Å². The minimum absolute atomic E-state index is 0.512. The van der Waals surface area contributed by atoms with Crippen molar-refractivity contribution in [3.63, 3.8) is 0 Å². The number of hydrogen-bond donors (Lipinski definition) is 1. The highest BCUT2D eigenvalue weighted by Gasteiger charge is 2.30. The maximum absolute atomic E-state index is 12.2. The van der Waals surface area contributed by atoms with Crippen LogP contribution in [0.2, 0.25) is 0 Å². The Morgan fingerprint density at radius 3 is 2.56 bits per heavy atom. The Balaban J connectivity index is 2.46. The highest BCUT2D eigenvalue weighted by Crippen LogP contribution is 2.28. The third kappa shape index (κ3) is 4.18. The smallest absolute Gasteiger partial charge is 0.311 e. The average Bonchev–Trinajstić information content (AvgIpc) is 2.24. The highest BCUT2D eigenvalue weighted by molar-refractivity contribution is 5.16. The summed E-state index contributed by atoms with van der Waals surface area (Å²) >= 11 is 0. The van der Waals surface area contributed by atoms with E-state index in [0.717, 1.165) is 31.6 Å². The van der Waals surface area contributed by atoms with Crippen LogP contribution in [0.1, 0.15) is 31.0 Å². The van der Waals surface area contributed by atoms with Gasteiger partial charge in [-0.1, -0.05) is 13.3 Å². The summed E-state index contributed by atoms with van der Waals surface area (Å²) in [4.78, 5) is 3.76. The van der Waals surface area contributed by atoms with Crippen molar-refractivity contribution in [2.24, 2.45) is 0 Å². The van der Waals surface area contributed by atoms with Crippen molar-refractivity contribution in [1.29, 1.82) is 0 Å². The van der Waals surface area contributed by atoms with E-state index in [1.165, 1.54) is 6.07 Å². The van der Waals surface area contributed by atoms with Crippen LogP contribution in [-0.4, -0.2) is 11.5 Å². The van der Waals surface area contributed by atoms with Gasteiger partial charge in [0.25, 0.3) is 0 Å². The Kier molecular flexibility index (Phi) is 4.73. The van der Waals surface area contributed by atoms with E-state index in [1.807, 2.05) is 0 Å². The van der Waals surface area contributed by atoms with Crippen LogP contribution in [0, 0.1) is 0 Å². The van der Waals surface area contributed by atoms with Crippen molar-refractivity contribution in [1.82, 2.24) is 10.3 Å². The number of pyridine rings is 1. The second kappa shape index (κ2) is 5.84. The zero-order valence-corrected chi connectivity index (χ0v) is 9.14. The molecule has 0 saturated heterocycles. The predicted molar refractivity (Wildman–Crippen MR) is 55.9 cm³/mol. The Bertz CT molecular complexity index is 306. The van der Waals surface area contributed by atoms with E-state index in [9.17, 15) is 13.2 Å². The predicted octanol–water partition coefficient (Wildman–Crippen LogP) is 2.99. The van der Waals surface area contributed by atoms with Crippen LogP contribution >= 0.6 is 0 Å². The molecule has 0 bridgehead atoms. The normalized spacial score (nSPS) is 11.8. The zero-order chi connectivity index (χ0) is 12.0. The lowest BCUT2D eigenvalue weighted by molar-refractivity contribution is -0.137. The minimum atomic E-state index is -4.30. The lowest BCUT2D eigenvalue weighted by Gasteiger charge is -2.07. The number of aromatic nitrogens is 1. The van der Waals surface area contributed by atoms with Gasteiger partial charge in [-0.25, -0.2) is 0 Å². The van der Waals surface area contributed by atoms with Crippen LogP contribution in [0.3, 0.4) is 0 Å². The molecular formula is C11H15F3N2. The summed E-state index contributed by atoms with van der Waals surface area (Å²) in [5.74, 6) is 0. The molecule has 0 radical (unpaired) electrons. The number of halogens is 3. The van der Waals surface area contributed by atoms with Gasteiger partial charge in [-0.3, -0.25) is 4.98 Å². The molecule has 1 heterocycles. The summed E-state index contributed by atoms with van der Waals surface area (Å²) in [6, 6.07) is 2.46. The molecule has 90 valence electrons. The van der Waals surface area contributed by atoms with Gasteiger partial charge < -0.3 is 5.32 Å². The molecule has 16 heavy (non-hydrogen) atoms. The molecule has 0 fully saturated rings. The van der Waals surface area contributed by atoms with Crippen LogP contribution in [0.5, 0.6) is 0 Å². The first-order valence-corrected chi connectivity index (χ1v) is 5.27. The number of nitrogens with zero attached hydrogens (tertiary/aromatic N) is 1. The molecule has 0 unspecified atom stereocenters. The highest BCUT2D eigenvalue weighted by atomic mass is 19.4. The molecule has 0 saturated carbocycles. The summed E-state index contributed by atoms with van der Waals surface area (Å²) in [5.41, 5.74) is -0.0751. The second-order valence-corrected chi connectivity index (χ2v) is 3.57. The monoisotopic (exact) mass is 232 g/mol. The molecule has 0 amide bonds. The minimum Gasteiger partial charge on any atom is -0.311 e. The number of hydrogen-bond acceptors (Lipinski definition) is 2. The van der Waals surface area contributed by atoms with Gasteiger partial charge in [0.05, 0.1) is 11.3 Å². The fraction of sp³-hybridized carbons (Fsp3) is 0.545. The van der Waals surface area contributed by atoms with Gasteiger partial charge in [-0.05, 0) is 25.1 Å². The van der Waals surface area contributed by atoms with Crippen molar-refractivity contribution in [2.75, 3.05) is 6.54 Å². The maximum atomic E-state index is 12.2. The number of rotatable bonds is 5. The van der Waals surface area contributed by atoms with Crippen molar-refractivity contribution >= 4 is 0 Å². The third-order valence-corrected chi connectivity index (χ3v) is 2.17. The van der Waals surface area contributed by atoms with Gasteiger partial charge in [0.2, 0.25) is 0 Å². The SMILES string of the molecule is CCCCNCc1ccc(C(F)(F)F)cn1. The number of nitrogens with one attached hydrogen (secondary N) is 1. The van der Waals surface area contributed by atoms with Gasteiger partial charge >= 0.3 is 6.18 Å². The maximum Gasteiger partial charge on any atom is 0.417 e. The van der Waals surface area contributed by atoms with E-state index >= 15 is 0 Å². The van der Waals surface area contributed by atoms with Gasteiger partial charge in [0, 0.05) is 12.7 Å². The molecule has 5 heteroatoms. The van der Waals surface area contributed by atoms with E-state index in [2.05, 4.69) is 17.2 Å². The van der Waals surface area contributed by atoms with Gasteiger partial charge in [0.15, 0.2) is 0 Å². The summed E-state index contributed by atoms with van der Waals surface area (Å²) in [5, 5.41) is 3.12. The van der Waals surface area contributed by atoms with Crippen LogP contribution in [0.15, 0.2) is 18.3 Å². The topological polar surface area (TPSA) is 24.9 Å². The van der Waals surface area contributed by atoms with E-state index < -0.39 is 11.7 Å². The molecule has 0 spiro atoms. The van der Waals surface area contributed by atoms with E-state index in [1.54, 1.807) is 0 Å². The van der Waals surface area contributed by atoms with Crippen LogP contribution < -0.4 is 5.32 Å². The molecule has 2 nitrogen and oxygen atoms in total. The number of alkyl halides is 3. The van der Waals surface area contributed by atoms with Crippen molar-refractivity contribution in [3.8, 4) is 0 Å². The molecule has 1 rings (SSSR count). The summed E-state index contributed by atoms with van der Waals surface area (Å²) in [6.45, 7) is 3.45. The fourth-order valence-electron chi connectivity index (χ4n) is 1.21. The molecule has 1 aromatic rings. The third-order valence-electron chi connectivity index (χ3n) is 2.17. The quantitative estimate of drug-likeness (QED) is 0.789. The molecule has 1 aromatic heterocycles. The van der Waals surface area contributed by atoms with Crippen LogP contribution in [-0.2, 0) is 12.7 Å². The first kappa shape index (κ1) is 13.0. The largest absolute Gasteiger partial charge is 0.417 e. The summed E-state index contributed by atoms with van der Waals surface area (Å²) in [7, 11) is 0. The Morgan fingerprint density at radius 2 is 2.06 bits per heavy atom. The zero-order valence-electron chi connectivity index (χ0n) is 9.14. The summed E-state index contributed by atoms with van der Waals surface area (Å²) < 4.78 is 36.6. The van der Waals surface area contributed by atoms with Crippen LogP contribution in [0.25, 0.3) is 0 Å². The molecule has 0 atom stereocenters. The molecular weight excluding hydrogens is 217 g/mol. The van der Waals surface area contributed by atoms with Gasteiger partial charge in [0.1, 0.15) is 0 Å². The standard InChI is InChI=1S/C11H15F3N2/c1-2-3-6-15-8-10-5-4-9(7-16-10)11(12,13)14/h4-5,7,15H,2-3,6,8H2,1H3. The fourth-order valence-corrected chi connectivity index (χ4v) is 1.21. The molecule has 0 aliphatic rings. The Labute approximate surface area is 92.9 Å². The van der Waals surface area contributed by atoms with Gasteiger partial charge in [-0.15, -0.1) is 0 Å². The average molecular weight is 232 g/mol. The van der Waals surface area contributed by atoms with Crippen molar-refractivity contribution < 1.29 is 13.2 Å². The molecule has 0 aliphatic carbocycles. The summed E-state index contributed by atoms with van der Waals surface area (Å²) in [6.07, 6.45) is -1.29. The lowest BCUT2D eigenvalue weighted by atomic mass is 10.2. The van der Waals surface area contributed by atoms with Crippen LogP contribution in [0.4, 0.5) is 13.2 Å². The van der Waals surface area contributed by atoms with E-state index in [0.29, 0.717) is 12.2 Å². The lowest BCUT2D eigenvalue weighted by Crippen LogP contribution is -2.15. The molecule has 1 N–H and O–H groups in total. The number of unbranched alkanes of at least 4 members (excludes halogenated alkanes) is 1. The van der Waals surface area contributed by atoms with Gasteiger partial charge in [-0.2, -0.15) is 13.2 Å². The molecule has 0 aliphatic heterocycles. The van der Waals surface area contributed by atoms with E-state index in [-0.39, 0.29) is 0 Å². The Morgan fingerprint density at radius 1 is 1.31 bits per heavy atom.